The molecule has 104 valence electrons. The van der Waals surface area contributed by atoms with Crippen molar-refractivity contribution in [2.75, 3.05) is 0 Å². The molecule has 0 aliphatic carbocycles. The average Bonchev–Trinajstić information content (AvgIpc) is 2.42. The number of rotatable bonds is 6. The van der Waals surface area contributed by atoms with E-state index in [1.807, 2.05) is 19.9 Å². The van der Waals surface area contributed by atoms with Crippen LogP contribution in [0.2, 0.25) is 0 Å². The van der Waals surface area contributed by atoms with Gasteiger partial charge < -0.3 is 16.3 Å². The van der Waals surface area contributed by atoms with Crippen molar-refractivity contribution in [1.29, 1.82) is 0 Å². The van der Waals surface area contributed by atoms with Crippen molar-refractivity contribution >= 4 is 11.7 Å². The predicted molar refractivity (Wildman–Crippen MR) is 72.6 cm³/mol. The van der Waals surface area contributed by atoms with Crippen LogP contribution in [0.3, 0.4) is 0 Å². The number of oxime groups is 1. The van der Waals surface area contributed by atoms with Crippen LogP contribution in [0, 0.1) is 12.8 Å². The van der Waals surface area contributed by atoms with Crippen LogP contribution in [-0.2, 0) is 11.3 Å². The van der Waals surface area contributed by atoms with Gasteiger partial charge in [-0.25, -0.2) is 0 Å². The lowest BCUT2D eigenvalue weighted by Crippen LogP contribution is -2.38. The average molecular weight is 264 g/mol. The van der Waals surface area contributed by atoms with Crippen LogP contribution in [0.15, 0.2) is 23.6 Å². The number of pyridine rings is 1. The summed E-state index contributed by atoms with van der Waals surface area (Å²) >= 11 is 0. The van der Waals surface area contributed by atoms with E-state index in [0.29, 0.717) is 13.0 Å². The van der Waals surface area contributed by atoms with Crippen LogP contribution in [0.1, 0.15) is 30.9 Å². The Morgan fingerprint density at radius 3 is 2.95 bits per heavy atom. The molecule has 0 saturated carbocycles. The molecule has 6 heteroatoms. The molecule has 0 spiro atoms. The number of nitrogens with two attached hydrogens (primary N) is 1. The minimum absolute atomic E-state index is 0.0535. The van der Waals surface area contributed by atoms with Crippen LogP contribution in [0.25, 0.3) is 0 Å². The highest BCUT2D eigenvalue weighted by molar-refractivity contribution is 6.01. The number of carbonyl (C=O) groups is 1. The van der Waals surface area contributed by atoms with Gasteiger partial charge in [0.15, 0.2) is 5.84 Å². The van der Waals surface area contributed by atoms with E-state index in [2.05, 4.69) is 15.5 Å². The number of amidine groups is 1. The third-order valence-corrected chi connectivity index (χ3v) is 2.97. The second-order valence-corrected chi connectivity index (χ2v) is 4.39. The van der Waals surface area contributed by atoms with Crippen molar-refractivity contribution in [2.24, 2.45) is 16.8 Å². The molecule has 0 bridgehead atoms. The summed E-state index contributed by atoms with van der Waals surface area (Å²) in [4.78, 5) is 16.0. The molecule has 0 radical (unpaired) electrons. The van der Waals surface area contributed by atoms with Crippen LogP contribution in [0.4, 0.5) is 0 Å². The Morgan fingerprint density at radius 1 is 1.63 bits per heavy atom. The molecule has 0 aliphatic heterocycles. The summed E-state index contributed by atoms with van der Waals surface area (Å²) in [6, 6.07) is 1.88. The van der Waals surface area contributed by atoms with E-state index in [1.54, 1.807) is 12.4 Å². The van der Waals surface area contributed by atoms with E-state index < -0.39 is 5.92 Å². The Kier molecular flexibility index (Phi) is 5.78. The standard InChI is InChI=1S/C13H20N4O2/c1-3-4-11(12(14)17-19)13(18)16-8-10-7-15-6-5-9(10)2/h5-7,11,19H,3-4,8H2,1-2H3,(H2,14,17)(H,16,18). The molecule has 6 nitrogen and oxygen atoms in total. The third kappa shape index (κ3) is 4.24. The number of hydrogen-bond acceptors (Lipinski definition) is 4. The monoisotopic (exact) mass is 264 g/mol. The molecular weight excluding hydrogens is 244 g/mol. The Labute approximate surface area is 112 Å². The first kappa shape index (κ1) is 14.9. The van der Waals surface area contributed by atoms with Crippen LogP contribution < -0.4 is 11.1 Å². The molecule has 0 aromatic carbocycles. The van der Waals surface area contributed by atoms with E-state index in [-0.39, 0.29) is 11.7 Å². The Bertz CT molecular complexity index is 460. The van der Waals surface area contributed by atoms with Gasteiger partial charge in [-0.3, -0.25) is 9.78 Å². The highest BCUT2D eigenvalue weighted by Gasteiger charge is 2.22. The Balaban J connectivity index is 2.65. The zero-order valence-corrected chi connectivity index (χ0v) is 11.3. The molecule has 1 heterocycles. The maximum absolute atomic E-state index is 12.0. The number of aryl methyl sites for hydroxylation is 1. The summed E-state index contributed by atoms with van der Waals surface area (Å²) in [7, 11) is 0. The van der Waals surface area contributed by atoms with Gasteiger partial charge in [-0.15, -0.1) is 0 Å². The summed E-state index contributed by atoms with van der Waals surface area (Å²) in [5.74, 6) is -0.880. The van der Waals surface area contributed by atoms with Crippen LogP contribution >= 0.6 is 0 Å². The van der Waals surface area contributed by atoms with Gasteiger partial charge in [-0.2, -0.15) is 0 Å². The second-order valence-electron chi connectivity index (χ2n) is 4.39. The quantitative estimate of drug-likeness (QED) is 0.311. The first-order valence-electron chi connectivity index (χ1n) is 6.24. The van der Waals surface area contributed by atoms with Gasteiger partial charge in [-0.1, -0.05) is 18.5 Å². The van der Waals surface area contributed by atoms with Crippen molar-refractivity contribution in [3.63, 3.8) is 0 Å². The molecule has 0 aliphatic rings. The molecule has 4 N–H and O–H groups in total. The molecule has 1 atom stereocenters. The predicted octanol–water partition coefficient (Wildman–Crippen LogP) is 1.17. The number of nitrogens with one attached hydrogen (secondary N) is 1. The number of hydrogen-bond donors (Lipinski definition) is 3. The van der Waals surface area contributed by atoms with E-state index in [0.717, 1.165) is 17.5 Å². The SMILES string of the molecule is CCCC(C(=O)NCc1cnccc1C)/C(N)=N/O. The van der Waals surface area contributed by atoms with Crippen LogP contribution in [-0.4, -0.2) is 21.9 Å². The fourth-order valence-electron chi connectivity index (χ4n) is 1.76. The molecule has 19 heavy (non-hydrogen) atoms. The summed E-state index contributed by atoms with van der Waals surface area (Å²) in [5, 5.41) is 14.4. The van der Waals surface area contributed by atoms with Gasteiger partial charge in [0, 0.05) is 18.9 Å². The highest BCUT2D eigenvalue weighted by atomic mass is 16.4. The van der Waals surface area contributed by atoms with Crippen molar-refractivity contribution in [3.8, 4) is 0 Å². The van der Waals surface area contributed by atoms with E-state index >= 15 is 0 Å². The lowest BCUT2D eigenvalue weighted by atomic mass is 10.0. The molecule has 1 rings (SSSR count). The molecule has 0 fully saturated rings. The Morgan fingerprint density at radius 2 is 2.37 bits per heavy atom. The van der Waals surface area contributed by atoms with Crippen LogP contribution in [0.5, 0.6) is 0 Å². The van der Waals surface area contributed by atoms with Crippen molar-refractivity contribution in [2.45, 2.75) is 33.2 Å². The fourth-order valence-corrected chi connectivity index (χ4v) is 1.76. The van der Waals surface area contributed by atoms with E-state index in [1.165, 1.54) is 0 Å². The molecule has 0 saturated heterocycles. The van der Waals surface area contributed by atoms with Gasteiger partial charge in [0.05, 0.1) is 5.92 Å². The number of aromatic nitrogens is 1. The van der Waals surface area contributed by atoms with Gasteiger partial charge >= 0.3 is 0 Å². The fraction of sp³-hybridized carbons (Fsp3) is 0.462. The first-order valence-corrected chi connectivity index (χ1v) is 6.24. The van der Waals surface area contributed by atoms with Gasteiger partial charge in [0.2, 0.25) is 5.91 Å². The minimum atomic E-state index is -0.591. The van der Waals surface area contributed by atoms with Crippen molar-refractivity contribution in [3.05, 3.63) is 29.6 Å². The number of amides is 1. The maximum Gasteiger partial charge on any atom is 0.231 e. The van der Waals surface area contributed by atoms with Crippen molar-refractivity contribution < 1.29 is 10.0 Å². The first-order chi connectivity index (χ1) is 9.10. The molecule has 1 unspecified atom stereocenters. The van der Waals surface area contributed by atoms with E-state index in [4.69, 9.17) is 10.9 Å². The number of carbonyl (C=O) groups excluding carboxylic acids is 1. The van der Waals surface area contributed by atoms with Gasteiger partial charge in [0.25, 0.3) is 0 Å². The molecule has 1 aromatic rings. The summed E-state index contributed by atoms with van der Waals surface area (Å²) in [6.07, 6.45) is 4.75. The minimum Gasteiger partial charge on any atom is -0.409 e. The maximum atomic E-state index is 12.0. The molecular formula is C13H20N4O2. The zero-order chi connectivity index (χ0) is 14.3. The second kappa shape index (κ2) is 7.35. The lowest BCUT2D eigenvalue weighted by molar-refractivity contribution is -0.123. The normalized spacial score (nSPS) is 13.1. The van der Waals surface area contributed by atoms with Crippen molar-refractivity contribution in [1.82, 2.24) is 10.3 Å². The summed E-state index contributed by atoms with van der Waals surface area (Å²) in [6.45, 7) is 4.28. The largest absolute Gasteiger partial charge is 0.409 e. The molecule has 1 amide bonds. The highest BCUT2D eigenvalue weighted by Crippen LogP contribution is 2.09. The number of nitrogens with zero attached hydrogens (tertiary/aromatic N) is 2. The Hall–Kier alpha value is -2.11. The van der Waals surface area contributed by atoms with E-state index in [9.17, 15) is 4.79 Å². The van der Waals surface area contributed by atoms with Gasteiger partial charge in [-0.05, 0) is 30.5 Å². The topological polar surface area (TPSA) is 101 Å². The van der Waals surface area contributed by atoms with Gasteiger partial charge in [0.1, 0.15) is 0 Å². The smallest absolute Gasteiger partial charge is 0.231 e. The summed E-state index contributed by atoms with van der Waals surface area (Å²) in [5.41, 5.74) is 7.54. The molecule has 1 aromatic heterocycles. The summed E-state index contributed by atoms with van der Waals surface area (Å²) < 4.78 is 0. The lowest BCUT2D eigenvalue weighted by Gasteiger charge is -2.15. The third-order valence-electron chi connectivity index (χ3n) is 2.97. The zero-order valence-electron chi connectivity index (χ0n) is 11.3.